The SMILES string of the molecule is CC1CCC2CCS(=O)(=O)CC2C1. The van der Waals surface area contributed by atoms with Gasteiger partial charge in [-0.05, 0) is 37.0 Å². The van der Waals surface area contributed by atoms with Crippen LogP contribution in [0.15, 0.2) is 0 Å². The second-order valence-corrected chi connectivity index (χ2v) is 7.07. The minimum absolute atomic E-state index is 0.447. The predicted molar refractivity (Wildman–Crippen MR) is 53.3 cm³/mol. The van der Waals surface area contributed by atoms with E-state index in [-0.39, 0.29) is 0 Å². The van der Waals surface area contributed by atoms with Crippen molar-refractivity contribution in [2.75, 3.05) is 11.5 Å². The molecule has 1 aliphatic heterocycles. The summed E-state index contributed by atoms with van der Waals surface area (Å²) in [5, 5.41) is 0. The Bertz CT molecular complexity index is 281. The normalized spacial score (nSPS) is 43.9. The van der Waals surface area contributed by atoms with Crippen LogP contribution in [-0.4, -0.2) is 19.9 Å². The first-order valence-corrected chi connectivity index (χ1v) is 7.09. The van der Waals surface area contributed by atoms with Crippen molar-refractivity contribution in [2.45, 2.75) is 32.6 Å². The van der Waals surface area contributed by atoms with Crippen molar-refractivity contribution >= 4 is 9.84 Å². The number of rotatable bonds is 0. The van der Waals surface area contributed by atoms with Gasteiger partial charge in [0.15, 0.2) is 9.84 Å². The Balaban J connectivity index is 2.08. The Labute approximate surface area is 80.6 Å². The molecule has 3 atom stereocenters. The molecule has 2 rings (SSSR count). The molecule has 0 spiro atoms. The molecule has 2 nitrogen and oxygen atoms in total. The summed E-state index contributed by atoms with van der Waals surface area (Å²) in [4.78, 5) is 0. The molecule has 1 saturated carbocycles. The minimum atomic E-state index is -2.68. The molecular weight excluding hydrogens is 184 g/mol. The van der Waals surface area contributed by atoms with E-state index in [1.54, 1.807) is 0 Å². The van der Waals surface area contributed by atoms with Gasteiger partial charge in [0, 0.05) is 0 Å². The standard InChI is InChI=1S/C10H18O2S/c1-8-2-3-9-4-5-13(11,12)7-10(9)6-8/h8-10H,2-7H2,1H3. The molecule has 1 aliphatic carbocycles. The number of fused-ring (bicyclic) bond motifs is 1. The summed E-state index contributed by atoms with van der Waals surface area (Å²) in [6.45, 7) is 2.25. The molecule has 0 N–H and O–H groups in total. The molecule has 2 aliphatic rings. The molecule has 3 unspecified atom stereocenters. The fraction of sp³-hybridized carbons (Fsp3) is 1.00. The molecule has 1 heterocycles. The van der Waals surface area contributed by atoms with Gasteiger partial charge in [-0.2, -0.15) is 0 Å². The number of sulfone groups is 1. The monoisotopic (exact) mass is 202 g/mol. The van der Waals surface area contributed by atoms with E-state index in [9.17, 15) is 8.42 Å². The molecular formula is C10H18O2S. The van der Waals surface area contributed by atoms with Crippen molar-refractivity contribution in [3.63, 3.8) is 0 Å². The third-order valence-corrected chi connectivity index (χ3v) is 5.46. The molecule has 0 aromatic carbocycles. The Morgan fingerprint density at radius 1 is 1.08 bits per heavy atom. The van der Waals surface area contributed by atoms with Gasteiger partial charge < -0.3 is 0 Å². The topological polar surface area (TPSA) is 34.1 Å². The van der Waals surface area contributed by atoms with E-state index in [1.807, 2.05) is 0 Å². The average Bonchev–Trinajstić information content (AvgIpc) is 2.01. The highest BCUT2D eigenvalue weighted by Gasteiger charge is 2.36. The van der Waals surface area contributed by atoms with Crippen LogP contribution in [0.2, 0.25) is 0 Å². The molecule has 0 aromatic rings. The Hall–Kier alpha value is -0.0500. The van der Waals surface area contributed by atoms with E-state index in [2.05, 4.69) is 6.92 Å². The third-order valence-electron chi connectivity index (χ3n) is 3.67. The first-order chi connectivity index (χ1) is 6.07. The number of hydrogen-bond acceptors (Lipinski definition) is 2. The van der Waals surface area contributed by atoms with Gasteiger partial charge >= 0.3 is 0 Å². The maximum atomic E-state index is 11.4. The Kier molecular flexibility index (Phi) is 2.39. The van der Waals surface area contributed by atoms with Crippen LogP contribution in [0.25, 0.3) is 0 Å². The van der Waals surface area contributed by atoms with Gasteiger partial charge in [-0.1, -0.05) is 13.3 Å². The quantitative estimate of drug-likeness (QED) is 0.601. The zero-order valence-corrected chi connectivity index (χ0v) is 9.02. The van der Waals surface area contributed by atoms with Gasteiger partial charge in [0.2, 0.25) is 0 Å². The lowest BCUT2D eigenvalue weighted by Crippen LogP contribution is -2.36. The third kappa shape index (κ3) is 2.06. The molecule has 0 bridgehead atoms. The van der Waals surface area contributed by atoms with Gasteiger partial charge in [-0.25, -0.2) is 8.42 Å². The minimum Gasteiger partial charge on any atom is -0.229 e. The highest BCUT2D eigenvalue weighted by Crippen LogP contribution is 2.39. The zero-order valence-electron chi connectivity index (χ0n) is 8.20. The summed E-state index contributed by atoms with van der Waals surface area (Å²) >= 11 is 0. The van der Waals surface area contributed by atoms with Crippen molar-refractivity contribution < 1.29 is 8.42 Å². The van der Waals surface area contributed by atoms with Gasteiger partial charge in [0.25, 0.3) is 0 Å². The van der Waals surface area contributed by atoms with Crippen molar-refractivity contribution in [3.8, 4) is 0 Å². The lowest BCUT2D eigenvalue weighted by atomic mass is 9.74. The second-order valence-electron chi connectivity index (χ2n) is 4.84. The van der Waals surface area contributed by atoms with Crippen LogP contribution in [-0.2, 0) is 9.84 Å². The van der Waals surface area contributed by atoms with E-state index in [4.69, 9.17) is 0 Å². The van der Waals surface area contributed by atoms with E-state index < -0.39 is 9.84 Å². The predicted octanol–water partition coefficient (Wildman–Crippen LogP) is 1.86. The highest BCUT2D eigenvalue weighted by atomic mass is 32.2. The smallest absolute Gasteiger partial charge is 0.150 e. The summed E-state index contributed by atoms with van der Waals surface area (Å²) in [5.41, 5.74) is 0. The Morgan fingerprint density at radius 2 is 1.85 bits per heavy atom. The van der Waals surface area contributed by atoms with E-state index in [0.717, 1.165) is 24.7 Å². The highest BCUT2D eigenvalue weighted by molar-refractivity contribution is 7.91. The molecule has 0 aromatic heterocycles. The maximum absolute atomic E-state index is 11.4. The van der Waals surface area contributed by atoms with Gasteiger partial charge in [-0.15, -0.1) is 0 Å². The summed E-state index contributed by atoms with van der Waals surface area (Å²) in [5.74, 6) is 2.88. The summed E-state index contributed by atoms with van der Waals surface area (Å²) in [6, 6.07) is 0. The van der Waals surface area contributed by atoms with Crippen molar-refractivity contribution in [1.82, 2.24) is 0 Å². The van der Waals surface area contributed by atoms with Crippen LogP contribution in [0.5, 0.6) is 0 Å². The Morgan fingerprint density at radius 3 is 2.62 bits per heavy atom. The van der Waals surface area contributed by atoms with Crippen molar-refractivity contribution in [2.24, 2.45) is 17.8 Å². The molecule has 76 valence electrons. The van der Waals surface area contributed by atoms with Gasteiger partial charge in [0.1, 0.15) is 0 Å². The lowest BCUT2D eigenvalue weighted by molar-refractivity contribution is 0.195. The number of hydrogen-bond donors (Lipinski definition) is 0. The van der Waals surface area contributed by atoms with E-state index in [0.29, 0.717) is 17.4 Å². The first-order valence-electron chi connectivity index (χ1n) is 5.27. The second kappa shape index (κ2) is 3.26. The van der Waals surface area contributed by atoms with Crippen LogP contribution < -0.4 is 0 Å². The van der Waals surface area contributed by atoms with Crippen LogP contribution in [0.3, 0.4) is 0 Å². The van der Waals surface area contributed by atoms with Crippen LogP contribution in [0, 0.1) is 17.8 Å². The summed E-state index contributed by atoms with van der Waals surface area (Å²) < 4.78 is 22.8. The van der Waals surface area contributed by atoms with Crippen LogP contribution in [0.1, 0.15) is 32.6 Å². The van der Waals surface area contributed by atoms with Crippen LogP contribution >= 0.6 is 0 Å². The average molecular weight is 202 g/mol. The van der Waals surface area contributed by atoms with Crippen LogP contribution in [0.4, 0.5) is 0 Å². The molecule has 0 radical (unpaired) electrons. The summed E-state index contributed by atoms with van der Waals surface area (Å²) in [7, 11) is -2.68. The molecule has 3 heteroatoms. The lowest BCUT2D eigenvalue weighted by Gasteiger charge is -2.37. The van der Waals surface area contributed by atoms with E-state index >= 15 is 0 Å². The fourth-order valence-corrected chi connectivity index (χ4v) is 4.78. The van der Waals surface area contributed by atoms with Gasteiger partial charge in [-0.3, -0.25) is 0 Å². The zero-order chi connectivity index (χ0) is 9.47. The van der Waals surface area contributed by atoms with Crippen molar-refractivity contribution in [1.29, 1.82) is 0 Å². The fourth-order valence-electron chi connectivity index (χ4n) is 2.89. The first kappa shape index (κ1) is 9.50. The van der Waals surface area contributed by atoms with E-state index in [1.165, 1.54) is 12.8 Å². The molecule has 2 fully saturated rings. The van der Waals surface area contributed by atoms with Gasteiger partial charge in [0.05, 0.1) is 11.5 Å². The summed E-state index contributed by atoms with van der Waals surface area (Å²) in [6.07, 6.45) is 4.65. The van der Waals surface area contributed by atoms with Crippen molar-refractivity contribution in [3.05, 3.63) is 0 Å². The molecule has 13 heavy (non-hydrogen) atoms. The molecule has 1 saturated heterocycles. The largest absolute Gasteiger partial charge is 0.229 e. The maximum Gasteiger partial charge on any atom is 0.150 e. The molecule has 0 amide bonds.